The van der Waals surface area contributed by atoms with Gasteiger partial charge in [-0.2, -0.15) is 0 Å². The lowest BCUT2D eigenvalue weighted by atomic mass is 10.2. The maximum atomic E-state index is 13.4. The van der Waals surface area contributed by atoms with Crippen molar-refractivity contribution in [2.24, 2.45) is 0 Å². The van der Waals surface area contributed by atoms with Gasteiger partial charge < -0.3 is 4.42 Å². The van der Waals surface area contributed by atoms with Crippen LogP contribution >= 0.6 is 35.0 Å². The maximum Gasteiger partial charge on any atom is 0.271 e. The van der Waals surface area contributed by atoms with Crippen LogP contribution in [0.4, 0.5) is 10.1 Å². The van der Waals surface area contributed by atoms with E-state index in [-0.39, 0.29) is 21.9 Å². The Hall–Kier alpha value is -2.54. The summed E-state index contributed by atoms with van der Waals surface area (Å²) in [7, 11) is 0. The molecule has 4 rings (SSSR count). The summed E-state index contributed by atoms with van der Waals surface area (Å²) in [6, 6.07) is 14.1. The number of thioether (sulfide) groups is 1. The minimum Gasteiger partial charge on any atom is -0.457 e. The number of hydrogen-bond acceptors (Lipinski definition) is 4. The second-order valence-corrected chi connectivity index (χ2v) is 7.74. The summed E-state index contributed by atoms with van der Waals surface area (Å²) in [5.74, 6) is 0.156. The maximum absolute atomic E-state index is 13.4. The Morgan fingerprint density at radius 2 is 1.93 bits per heavy atom. The third kappa shape index (κ3) is 3.58. The zero-order valence-corrected chi connectivity index (χ0v) is 16.4. The number of furan rings is 1. The van der Waals surface area contributed by atoms with E-state index in [1.807, 2.05) is 0 Å². The second-order valence-electron chi connectivity index (χ2n) is 5.86. The van der Waals surface area contributed by atoms with Crippen molar-refractivity contribution in [2.75, 3.05) is 4.90 Å². The Labute approximate surface area is 174 Å². The Balaban J connectivity index is 1.63. The zero-order valence-electron chi connectivity index (χ0n) is 14.1. The molecule has 1 fully saturated rings. The first kappa shape index (κ1) is 18.8. The first-order valence-corrected chi connectivity index (χ1v) is 9.63. The van der Waals surface area contributed by atoms with Gasteiger partial charge in [0.1, 0.15) is 17.3 Å². The number of carbonyl (C=O) groups is 1. The minimum absolute atomic E-state index is 0.0254. The predicted molar refractivity (Wildman–Crippen MR) is 111 cm³/mol. The average Bonchev–Trinajstić information content (AvgIpc) is 3.21. The summed E-state index contributed by atoms with van der Waals surface area (Å²) in [4.78, 5) is 14.3. The lowest BCUT2D eigenvalue weighted by molar-refractivity contribution is -0.113. The lowest BCUT2D eigenvalue weighted by Gasteiger charge is -2.16. The third-order valence-electron chi connectivity index (χ3n) is 3.98. The van der Waals surface area contributed by atoms with E-state index in [0.717, 1.165) is 11.8 Å². The monoisotopic (exact) mass is 432 g/mol. The molecule has 8 heteroatoms. The van der Waals surface area contributed by atoms with Gasteiger partial charge in [0.2, 0.25) is 0 Å². The summed E-state index contributed by atoms with van der Waals surface area (Å²) >= 11 is 13.1. The average molecular weight is 433 g/mol. The summed E-state index contributed by atoms with van der Waals surface area (Å²) in [6.07, 6.45) is 1.55. The van der Waals surface area contributed by atoms with Crippen LogP contribution in [0.5, 0.6) is 0 Å². The van der Waals surface area contributed by atoms with Gasteiger partial charge in [-0.05, 0) is 54.2 Å². The Bertz CT molecular complexity index is 1140. The van der Waals surface area contributed by atoms with Gasteiger partial charge in [0.15, 0.2) is 5.17 Å². The summed E-state index contributed by atoms with van der Waals surface area (Å²) in [5.41, 5.74) is 0.981. The Morgan fingerprint density at radius 1 is 1.11 bits per heavy atom. The molecule has 1 N–H and O–H groups in total. The number of anilines is 1. The molecule has 2 heterocycles. The van der Waals surface area contributed by atoms with Crippen molar-refractivity contribution in [2.45, 2.75) is 0 Å². The van der Waals surface area contributed by atoms with Gasteiger partial charge in [-0.3, -0.25) is 15.1 Å². The van der Waals surface area contributed by atoms with Crippen molar-refractivity contribution in [3.8, 4) is 11.3 Å². The fraction of sp³-hybridized carbons (Fsp3) is 0. The van der Waals surface area contributed by atoms with E-state index in [1.165, 1.54) is 23.1 Å². The fourth-order valence-electron chi connectivity index (χ4n) is 2.72. The number of hydrogen-bond donors (Lipinski definition) is 1. The largest absolute Gasteiger partial charge is 0.457 e. The molecule has 1 saturated heterocycles. The zero-order chi connectivity index (χ0) is 19.8. The number of nitrogens with zero attached hydrogens (tertiary/aromatic N) is 1. The molecule has 1 amide bonds. The highest BCUT2D eigenvalue weighted by Gasteiger charge is 2.35. The molecule has 1 aliphatic rings. The van der Waals surface area contributed by atoms with E-state index < -0.39 is 0 Å². The molecule has 0 aliphatic carbocycles. The molecule has 140 valence electrons. The molecule has 4 nitrogen and oxygen atoms in total. The molecule has 0 saturated carbocycles. The first-order chi connectivity index (χ1) is 13.4. The molecule has 0 radical (unpaired) electrons. The number of halogens is 3. The molecule has 28 heavy (non-hydrogen) atoms. The van der Waals surface area contributed by atoms with Crippen molar-refractivity contribution in [3.05, 3.63) is 81.1 Å². The van der Waals surface area contributed by atoms with Crippen molar-refractivity contribution >= 4 is 57.8 Å². The van der Waals surface area contributed by atoms with E-state index in [1.54, 1.807) is 42.5 Å². The third-order valence-corrected chi connectivity index (χ3v) is 5.41. The molecular formula is C20H11Cl2FN2O2S. The number of benzene rings is 2. The Morgan fingerprint density at radius 3 is 2.68 bits per heavy atom. The molecular weight excluding hydrogens is 422 g/mol. The Kier molecular flexibility index (Phi) is 5.02. The predicted octanol–water partition coefficient (Wildman–Crippen LogP) is 6.45. The van der Waals surface area contributed by atoms with Gasteiger partial charge in [-0.15, -0.1) is 0 Å². The second kappa shape index (κ2) is 7.47. The van der Waals surface area contributed by atoms with Gasteiger partial charge >= 0.3 is 0 Å². The van der Waals surface area contributed by atoms with Gasteiger partial charge in [-0.25, -0.2) is 4.39 Å². The highest BCUT2D eigenvalue weighted by Crippen LogP contribution is 2.39. The van der Waals surface area contributed by atoms with Crippen LogP contribution in [0, 0.1) is 11.2 Å². The number of amides is 1. The minimum atomic E-state index is -0.386. The molecule has 0 unspecified atom stereocenters. The van der Waals surface area contributed by atoms with Gasteiger partial charge in [0, 0.05) is 16.7 Å². The highest BCUT2D eigenvalue weighted by molar-refractivity contribution is 8.19. The van der Waals surface area contributed by atoms with Crippen LogP contribution in [0.1, 0.15) is 5.76 Å². The van der Waals surface area contributed by atoms with E-state index in [2.05, 4.69) is 0 Å². The molecule has 1 aromatic heterocycles. The van der Waals surface area contributed by atoms with Crippen LogP contribution in [-0.4, -0.2) is 11.1 Å². The van der Waals surface area contributed by atoms with Crippen molar-refractivity contribution in [1.29, 1.82) is 5.41 Å². The van der Waals surface area contributed by atoms with Gasteiger partial charge in [0.05, 0.1) is 15.6 Å². The van der Waals surface area contributed by atoms with Crippen LogP contribution in [0.15, 0.2) is 63.9 Å². The van der Waals surface area contributed by atoms with Crippen LogP contribution in [0.3, 0.4) is 0 Å². The van der Waals surface area contributed by atoms with E-state index in [0.29, 0.717) is 32.7 Å². The molecule has 3 aromatic rings. The van der Waals surface area contributed by atoms with Gasteiger partial charge in [-0.1, -0.05) is 35.3 Å². The number of rotatable bonds is 3. The number of nitrogens with one attached hydrogen (secondary N) is 1. The molecule has 0 atom stereocenters. The molecule has 2 aromatic carbocycles. The lowest BCUT2D eigenvalue weighted by Crippen LogP contribution is -2.28. The van der Waals surface area contributed by atoms with Crippen LogP contribution in [0.2, 0.25) is 10.0 Å². The topological polar surface area (TPSA) is 57.3 Å². The SMILES string of the molecule is N=C1SC(=Cc2ccc(-c3cccc(F)c3)o2)C(=O)N1c1ccc(Cl)cc1Cl. The van der Waals surface area contributed by atoms with Crippen molar-refractivity contribution < 1.29 is 13.6 Å². The van der Waals surface area contributed by atoms with Crippen LogP contribution in [-0.2, 0) is 4.79 Å². The number of carbonyl (C=O) groups excluding carboxylic acids is 1. The van der Waals surface area contributed by atoms with Crippen LogP contribution in [0.25, 0.3) is 17.4 Å². The van der Waals surface area contributed by atoms with Crippen molar-refractivity contribution in [1.82, 2.24) is 0 Å². The fourth-order valence-corrected chi connectivity index (χ4v) is 4.05. The summed E-state index contributed by atoms with van der Waals surface area (Å²) in [5, 5.41) is 8.89. The van der Waals surface area contributed by atoms with Gasteiger partial charge in [0.25, 0.3) is 5.91 Å². The first-order valence-electron chi connectivity index (χ1n) is 8.06. The summed E-state index contributed by atoms with van der Waals surface area (Å²) in [6.45, 7) is 0. The van der Waals surface area contributed by atoms with E-state index >= 15 is 0 Å². The smallest absolute Gasteiger partial charge is 0.271 e. The summed E-state index contributed by atoms with van der Waals surface area (Å²) < 4.78 is 19.1. The molecule has 1 aliphatic heterocycles. The van der Waals surface area contributed by atoms with Crippen LogP contribution < -0.4 is 4.90 Å². The van der Waals surface area contributed by atoms with Crippen molar-refractivity contribution in [3.63, 3.8) is 0 Å². The quantitative estimate of drug-likeness (QED) is 0.483. The van der Waals surface area contributed by atoms with E-state index in [4.69, 9.17) is 33.0 Å². The van der Waals surface area contributed by atoms with E-state index in [9.17, 15) is 9.18 Å². The number of amidine groups is 1. The standard InChI is InChI=1S/C20H11Cl2FN2O2S/c21-12-4-6-16(15(22)9-12)25-19(26)18(28-20(25)24)10-14-5-7-17(27-14)11-2-1-3-13(23)8-11/h1-10,24H. The highest BCUT2D eigenvalue weighted by atomic mass is 35.5. The normalized spacial score (nSPS) is 15.7. The molecule has 0 bridgehead atoms. The molecule has 0 spiro atoms.